The van der Waals surface area contributed by atoms with E-state index < -0.39 is 5.54 Å². The highest BCUT2D eigenvalue weighted by atomic mass is 32.2. The number of nitriles is 1. The van der Waals surface area contributed by atoms with Crippen LogP contribution in [0.3, 0.4) is 0 Å². The summed E-state index contributed by atoms with van der Waals surface area (Å²) in [5.74, 6) is 0.950. The molecule has 2 aromatic rings. The molecule has 1 aromatic carbocycles. The van der Waals surface area contributed by atoms with Gasteiger partial charge in [-0.05, 0) is 25.0 Å². The Morgan fingerprint density at radius 2 is 2.18 bits per heavy atom. The number of thioether (sulfide) groups is 1. The van der Waals surface area contributed by atoms with Gasteiger partial charge < -0.3 is 15.0 Å². The molecule has 1 N–H and O–H groups in total. The lowest BCUT2D eigenvalue weighted by Gasteiger charge is -2.38. The van der Waals surface area contributed by atoms with Crippen LogP contribution < -0.4 is 10.1 Å². The highest BCUT2D eigenvalue weighted by Crippen LogP contribution is 2.34. The Bertz CT molecular complexity index is 858. The van der Waals surface area contributed by atoms with Crippen molar-refractivity contribution in [3.63, 3.8) is 0 Å². The predicted molar refractivity (Wildman–Crippen MR) is 111 cm³/mol. The van der Waals surface area contributed by atoms with Gasteiger partial charge in [-0.2, -0.15) is 5.26 Å². The van der Waals surface area contributed by atoms with E-state index in [1.54, 1.807) is 19.1 Å². The molecule has 0 atom stereocenters. The second-order valence-electron chi connectivity index (χ2n) is 6.68. The van der Waals surface area contributed by atoms with Crippen molar-refractivity contribution in [2.75, 3.05) is 25.2 Å². The molecule has 7 nitrogen and oxygen atoms in total. The first kappa shape index (κ1) is 20.4. The summed E-state index contributed by atoms with van der Waals surface area (Å²) in [6.45, 7) is 0. The molecular weight excluding hydrogens is 394 g/mol. The average Bonchev–Trinajstić information content (AvgIpc) is 3.19. The molecule has 0 aliphatic heterocycles. The molecule has 0 bridgehead atoms. The molecule has 0 spiro atoms. The van der Waals surface area contributed by atoms with E-state index in [4.69, 9.17) is 4.74 Å². The van der Waals surface area contributed by atoms with Crippen LogP contribution in [0.2, 0.25) is 0 Å². The third-order valence-corrected chi connectivity index (χ3v) is 6.91. The summed E-state index contributed by atoms with van der Waals surface area (Å²) < 4.78 is 5.92. The summed E-state index contributed by atoms with van der Waals surface area (Å²) in [5.41, 5.74) is 0.201. The molecular formula is C19H23N5O2S2. The number of nitrogens with zero attached hydrogens (tertiary/aromatic N) is 4. The summed E-state index contributed by atoms with van der Waals surface area (Å²) >= 11 is 2.74. The van der Waals surface area contributed by atoms with Crippen molar-refractivity contribution in [2.24, 2.45) is 0 Å². The molecule has 1 aromatic heterocycles. The van der Waals surface area contributed by atoms with Gasteiger partial charge in [0.1, 0.15) is 11.3 Å². The average molecular weight is 418 g/mol. The second-order valence-corrected chi connectivity index (χ2v) is 8.88. The van der Waals surface area contributed by atoms with Gasteiger partial charge in [0.15, 0.2) is 4.34 Å². The van der Waals surface area contributed by atoms with Crippen LogP contribution in [0.5, 0.6) is 5.75 Å². The molecule has 1 fully saturated rings. The van der Waals surface area contributed by atoms with Crippen molar-refractivity contribution in [2.45, 2.75) is 42.0 Å². The molecule has 1 aliphatic carbocycles. The Kier molecular flexibility index (Phi) is 6.75. The minimum atomic E-state index is -0.657. The quantitative estimate of drug-likeness (QED) is 0.679. The molecule has 0 radical (unpaired) electrons. The molecule has 1 aliphatic rings. The topological polar surface area (TPSA) is 91.1 Å². The van der Waals surface area contributed by atoms with Gasteiger partial charge >= 0.3 is 0 Å². The fourth-order valence-electron chi connectivity index (χ4n) is 3.26. The number of hydrogen-bond acceptors (Lipinski definition) is 8. The Balaban J connectivity index is 1.56. The molecule has 3 rings (SSSR count). The first-order chi connectivity index (χ1) is 13.6. The van der Waals surface area contributed by atoms with Crippen molar-refractivity contribution in [3.05, 3.63) is 24.3 Å². The number of carbonyl (C=O) groups is 1. The zero-order valence-electron chi connectivity index (χ0n) is 16.0. The zero-order valence-corrected chi connectivity index (χ0v) is 17.6. The number of hydrogen-bond donors (Lipinski definition) is 1. The van der Waals surface area contributed by atoms with Gasteiger partial charge in [0.2, 0.25) is 11.0 Å². The van der Waals surface area contributed by atoms with E-state index in [1.807, 2.05) is 24.3 Å². The fourth-order valence-corrected chi connectivity index (χ4v) is 4.95. The fraction of sp³-hybridized carbons (Fsp3) is 0.474. The number of aromatic nitrogens is 2. The summed E-state index contributed by atoms with van der Waals surface area (Å²) in [5, 5.41) is 21.7. The van der Waals surface area contributed by atoms with E-state index in [1.165, 1.54) is 23.1 Å². The number of nitrogens with one attached hydrogen (secondary N) is 1. The second kappa shape index (κ2) is 9.26. The predicted octanol–water partition coefficient (Wildman–Crippen LogP) is 4.07. The first-order valence-corrected chi connectivity index (χ1v) is 10.9. The maximum absolute atomic E-state index is 12.6. The number of methoxy groups -OCH3 is 1. The molecule has 28 heavy (non-hydrogen) atoms. The smallest absolute Gasteiger partial charge is 0.234 e. The van der Waals surface area contributed by atoms with E-state index in [2.05, 4.69) is 21.6 Å². The van der Waals surface area contributed by atoms with Crippen molar-refractivity contribution >= 4 is 39.8 Å². The van der Waals surface area contributed by atoms with Crippen molar-refractivity contribution in [1.29, 1.82) is 5.26 Å². The summed E-state index contributed by atoms with van der Waals surface area (Å²) in [4.78, 5) is 14.3. The van der Waals surface area contributed by atoms with Crippen LogP contribution in [0.25, 0.3) is 0 Å². The highest BCUT2D eigenvalue weighted by Gasteiger charge is 2.38. The van der Waals surface area contributed by atoms with Crippen LogP contribution in [0, 0.1) is 11.3 Å². The van der Waals surface area contributed by atoms with Crippen molar-refractivity contribution in [3.8, 4) is 11.8 Å². The number of rotatable bonds is 7. The molecule has 148 valence electrons. The molecule has 0 unspecified atom stereocenters. The maximum Gasteiger partial charge on any atom is 0.234 e. The van der Waals surface area contributed by atoms with Gasteiger partial charge in [0, 0.05) is 18.8 Å². The molecule has 1 saturated carbocycles. The number of benzene rings is 1. The van der Waals surface area contributed by atoms with E-state index >= 15 is 0 Å². The SMILES string of the molecule is COc1cccc(Nc2nnc(SCC(=O)N(C)C3(C#N)CCCCC3)s2)c1. The van der Waals surface area contributed by atoms with Gasteiger partial charge in [-0.1, -0.05) is 48.4 Å². The van der Waals surface area contributed by atoms with Gasteiger partial charge in [-0.25, -0.2) is 0 Å². The first-order valence-electron chi connectivity index (χ1n) is 9.11. The Morgan fingerprint density at radius 3 is 2.89 bits per heavy atom. The van der Waals surface area contributed by atoms with Gasteiger partial charge in [0.25, 0.3) is 0 Å². The lowest BCUT2D eigenvalue weighted by molar-refractivity contribution is -0.131. The molecule has 0 saturated heterocycles. The largest absolute Gasteiger partial charge is 0.497 e. The standard InChI is InChI=1S/C19H23N5O2S2/c1-24(19(13-20)9-4-3-5-10-19)16(25)12-27-18-23-22-17(28-18)21-14-7-6-8-15(11-14)26-2/h6-8,11H,3-5,9-10,12H2,1-2H3,(H,21,22). The third-order valence-electron chi connectivity index (χ3n) is 4.95. The normalized spacial score (nSPS) is 15.5. The molecule has 9 heteroatoms. The monoisotopic (exact) mass is 417 g/mol. The number of carbonyl (C=O) groups excluding carboxylic acids is 1. The highest BCUT2D eigenvalue weighted by molar-refractivity contribution is 8.01. The van der Waals surface area contributed by atoms with Crippen LogP contribution >= 0.6 is 23.1 Å². The lowest BCUT2D eigenvalue weighted by atomic mass is 9.81. The summed E-state index contributed by atoms with van der Waals surface area (Å²) in [6.07, 6.45) is 4.63. The van der Waals surface area contributed by atoms with Gasteiger partial charge in [-0.15, -0.1) is 10.2 Å². The summed E-state index contributed by atoms with van der Waals surface area (Å²) in [7, 11) is 3.36. The van der Waals surface area contributed by atoms with Gasteiger partial charge in [0.05, 0.1) is 18.9 Å². The van der Waals surface area contributed by atoms with E-state index in [9.17, 15) is 10.1 Å². The maximum atomic E-state index is 12.6. The van der Waals surface area contributed by atoms with E-state index in [0.717, 1.165) is 43.5 Å². The number of anilines is 2. The number of ether oxygens (including phenoxy) is 1. The molecule has 1 amide bonds. The van der Waals surface area contributed by atoms with Gasteiger partial charge in [-0.3, -0.25) is 4.79 Å². The van der Waals surface area contributed by atoms with Crippen molar-refractivity contribution in [1.82, 2.24) is 15.1 Å². The minimum Gasteiger partial charge on any atom is -0.497 e. The minimum absolute atomic E-state index is 0.0500. The van der Waals surface area contributed by atoms with Crippen LogP contribution in [-0.4, -0.2) is 46.5 Å². The van der Waals surface area contributed by atoms with Crippen LogP contribution in [0.1, 0.15) is 32.1 Å². The van der Waals surface area contributed by atoms with Crippen LogP contribution in [-0.2, 0) is 4.79 Å². The van der Waals surface area contributed by atoms with Crippen LogP contribution in [0.4, 0.5) is 10.8 Å². The third kappa shape index (κ3) is 4.75. The number of amides is 1. The molecule has 1 heterocycles. The van der Waals surface area contributed by atoms with E-state index in [0.29, 0.717) is 9.47 Å². The summed E-state index contributed by atoms with van der Waals surface area (Å²) in [6, 6.07) is 9.94. The Hall–Kier alpha value is -2.31. The van der Waals surface area contributed by atoms with Crippen LogP contribution in [0.15, 0.2) is 28.6 Å². The lowest BCUT2D eigenvalue weighted by Crippen LogP contribution is -2.50. The Labute approximate surface area is 173 Å². The van der Waals surface area contributed by atoms with E-state index in [-0.39, 0.29) is 11.7 Å². The van der Waals surface area contributed by atoms with Crippen molar-refractivity contribution < 1.29 is 9.53 Å². The Morgan fingerprint density at radius 1 is 1.39 bits per heavy atom. The zero-order chi connectivity index (χ0) is 20.0.